The van der Waals surface area contributed by atoms with E-state index in [1.54, 1.807) is 6.08 Å². The number of nitrogens with two attached hydrogens (primary N) is 1. The lowest BCUT2D eigenvalue weighted by Crippen LogP contribution is -2.32. The number of halogens is 1. The second-order valence-electron chi connectivity index (χ2n) is 2.69. The van der Waals surface area contributed by atoms with E-state index in [1.807, 2.05) is 0 Å². The van der Waals surface area contributed by atoms with Crippen molar-refractivity contribution in [3.63, 3.8) is 0 Å². The van der Waals surface area contributed by atoms with E-state index in [2.05, 4.69) is 0 Å². The fourth-order valence-corrected chi connectivity index (χ4v) is 1.06. The van der Waals surface area contributed by atoms with Crippen molar-refractivity contribution in [3.8, 4) is 0 Å². The van der Waals surface area contributed by atoms with Crippen molar-refractivity contribution in [3.05, 3.63) is 24.1 Å². The summed E-state index contributed by atoms with van der Waals surface area (Å²) in [5, 5.41) is 8.68. The first-order valence-electron chi connectivity index (χ1n) is 3.64. The second-order valence-corrected chi connectivity index (χ2v) is 2.69. The predicted molar refractivity (Wildman–Crippen MR) is 41.5 cm³/mol. The van der Waals surface area contributed by atoms with Crippen molar-refractivity contribution in [2.45, 2.75) is 12.5 Å². The number of aliphatic hydroxyl groups is 1. The second kappa shape index (κ2) is 3.64. The molecule has 0 saturated heterocycles. The molecule has 0 aromatic heterocycles. The van der Waals surface area contributed by atoms with Gasteiger partial charge in [-0.1, -0.05) is 6.08 Å². The van der Waals surface area contributed by atoms with Crippen LogP contribution >= 0.6 is 0 Å². The third-order valence-corrected chi connectivity index (χ3v) is 1.85. The SMILES string of the molecule is N[C@H](CO)C1C=CC(F)=CC1. The Balaban J connectivity index is 2.48. The Hall–Kier alpha value is -0.670. The molecule has 0 radical (unpaired) electrons. The third-order valence-electron chi connectivity index (χ3n) is 1.85. The molecule has 0 aliphatic heterocycles. The summed E-state index contributed by atoms with van der Waals surface area (Å²) < 4.78 is 12.4. The van der Waals surface area contributed by atoms with Gasteiger partial charge >= 0.3 is 0 Å². The van der Waals surface area contributed by atoms with Crippen LogP contribution in [0.2, 0.25) is 0 Å². The van der Waals surface area contributed by atoms with Crippen LogP contribution in [0.15, 0.2) is 24.1 Å². The zero-order valence-corrected chi connectivity index (χ0v) is 6.20. The molecule has 1 aliphatic rings. The van der Waals surface area contributed by atoms with Crippen LogP contribution < -0.4 is 5.73 Å². The number of hydrogen-bond donors (Lipinski definition) is 2. The molecule has 62 valence electrons. The first-order chi connectivity index (χ1) is 5.24. The lowest BCUT2D eigenvalue weighted by molar-refractivity contribution is 0.241. The average Bonchev–Trinajstić information content (AvgIpc) is 2.05. The highest BCUT2D eigenvalue weighted by molar-refractivity contribution is 5.18. The highest BCUT2D eigenvalue weighted by atomic mass is 19.1. The molecule has 0 heterocycles. The van der Waals surface area contributed by atoms with Crippen molar-refractivity contribution < 1.29 is 9.50 Å². The summed E-state index contributed by atoms with van der Waals surface area (Å²) in [5.74, 6) is -0.133. The van der Waals surface area contributed by atoms with Gasteiger partial charge in [-0.15, -0.1) is 0 Å². The molecule has 0 spiro atoms. The molecule has 3 heteroatoms. The zero-order valence-electron chi connectivity index (χ0n) is 6.20. The minimum Gasteiger partial charge on any atom is -0.395 e. The number of hydrogen-bond acceptors (Lipinski definition) is 2. The Kier molecular flexibility index (Phi) is 2.79. The highest BCUT2D eigenvalue weighted by Gasteiger charge is 2.15. The molecule has 1 aliphatic carbocycles. The van der Waals surface area contributed by atoms with Crippen LogP contribution in [0.4, 0.5) is 4.39 Å². The Bertz CT molecular complexity index is 189. The summed E-state index contributed by atoms with van der Waals surface area (Å²) in [4.78, 5) is 0. The summed E-state index contributed by atoms with van der Waals surface area (Å²) >= 11 is 0. The van der Waals surface area contributed by atoms with E-state index in [4.69, 9.17) is 10.8 Å². The average molecular weight is 157 g/mol. The normalized spacial score (nSPS) is 26.5. The molecular weight excluding hydrogens is 145 g/mol. The Morgan fingerprint density at radius 3 is 3.00 bits per heavy atom. The summed E-state index contributed by atoms with van der Waals surface area (Å²) in [6, 6.07) is -0.268. The first kappa shape index (κ1) is 8.43. The lowest BCUT2D eigenvalue weighted by Gasteiger charge is -2.18. The minimum atomic E-state index is -0.268. The zero-order chi connectivity index (χ0) is 8.27. The van der Waals surface area contributed by atoms with Gasteiger partial charge in [-0.3, -0.25) is 0 Å². The van der Waals surface area contributed by atoms with Gasteiger partial charge in [0.2, 0.25) is 0 Å². The fourth-order valence-electron chi connectivity index (χ4n) is 1.06. The van der Waals surface area contributed by atoms with Gasteiger partial charge in [0.15, 0.2) is 0 Å². The minimum absolute atomic E-state index is 0.0511. The topological polar surface area (TPSA) is 46.2 Å². The highest BCUT2D eigenvalue weighted by Crippen LogP contribution is 2.18. The van der Waals surface area contributed by atoms with Gasteiger partial charge in [0.05, 0.1) is 6.61 Å². The molecule has 0 aromatic rings. The van der Waals surface area contributed by atoms with Crippen LogP contribution in [0.5, 0.6) is 0 Å². The smallest absolute Gasteiger partial charge is 0.118 e. The lowest BCUT2D eigenvalue weighted by atomic mass is 9.93. The molecular formula is C8H12FNO. The molecule has 1 rings (SSSR count). The maximum absolute atomic E-state index is 12.4. The summed E-state index contributed by atoms with van der Waals surface area (Å²) in [6.45, 7) is -0.0511. The first-order valence-corrected chi connectivity index (χ1v) is 3.64. The molecule has 0 fully saturated rings. The van der Waals surface area contributed by atoms with Crippen LogP contribution in [0.3, 0.4) is 0 Å². The van der Waals surface area contributed by atoms with Crippen LogP contribution in [0, 0.1) is 5.92 Å². The van der Waals surface area contributed by atoms with Crippen molar-refractivity contribution in [2.24, 2.45) is 11.7 Å². The molecule has 1 unspecified atom stereocenters. The van der Waals surface area contributed by atoms with Crippen LogP contribution in [0.1, 0.15) is 6.42 Å². The molecule has 11 heavy (non-hydrogen) atoms. The van der Waals surface area contributed by atoms with Gasteiger partial charge in [-0.25, -0.2) is 4.39 Å². The molecule has 0 aromatic carbocycles. The van der Waals surface area contributed by atoms with Crippen molar-refractivity contribution >= 4 is 0 Å². The Labute approximate surface area is 65.2 Å². The number of allylic oxidation sites excluding steroid dienone is 3. The predicted octanol–water partition coefficient (Wildman–Crippen LogP) is 0.736. The Morgan fingerprint density at radius 1 is 1.82 bits per heavy atom. The standard InChI is InChI=1S/C8H12FNO/c9-7-3-1-6(2-4-7)8(10)5-11/h1,3-4,6,8,11H,2,5,10H2/t6?,8-/m1/s1. The van der Waals surface area contributed by atoms with Crippen molar-refractivity contribution in [1.29, 1.82) is 0 Å². The van der Waals surface area contributed by atoms with Crippen LogP contribution in [-0.2, 0) is 0 Å². The van der Waals surface area contributed by atoms with Crippen molar-refractivity contribution in [2.75, 3.05) is 6.61 Å². The molecule has 0 amide bonds. The number of rotatable bonds is 2. The van der Waals surface area contributed by atoms with E-state index >= 15 is 0 Å². The quantitative estimate of drug-likeness (QED) is 0.621. The summed E-state index contributed by atoms with van der Waals surface area (Å²) in [6.07, 6.45) is 5.17. The number of aliphatic hydroxyl groups excluding tert-OH is 1. The van der Waals surface area contributed by atoms with E-state index in [0.717, 1.165) is 0 Å². The van der Waals surface area contributed by atoms with Crippen LogP contribution in [0.25, 0.3) is 0 Å². The van der Waals surface area contributed by atoms with E-state index < -0.39 is 0 Å². The van der Waals surface area contributed by atoms with E-state index in [0.29, 0.717) is 6.42 Å². The maximum atomic E-state index is 12.4. The van der Waals surface area contributed by atoms with Gasteiger partial charge < -0.3 is 10.8 Å². The largest absolute Gasteiger partial charge is 0.395 e. The van der Waals surface area contributed by atoms with Crippen molar-refractivity contribution in [1.82, 2.24) is 0 Å². The van der Waals surface area contributed by atoms with Gasteiger partial charge in [0.25, 0.3) is 0 Å². The van der Waals surface area contributed by atoms with E-state index in [-0.39, 0.29) is 24.4 Å². The van der Waals surface area contributed by atoms with E-state index in [9.17, 15) is 4.39 Å². The molecule has 0 bridgehead atoms. The third kappa shape index (κ3) is 2.13. The van der Waals surface area contributed by atoms with Gasteiger partial charge in [0.1, 0.15) is 5.83 Å². The summed E-state index contributed by atoms with van der Waals surface area (Å²) in [7, 11) is 0. The fraction of sp³-hybridized carbons (Fsp3) is 0.500. The molecule has 2 nitrogen and oxygen atoms in total. The Morgan fingerprint density at radius 2 is 2.55 bits per heavy atom. The summed E-state index contributed by atoms with van der Waals surface area (Å²) in [5.41, 5.74) is 5.54. The van der Waals surface area contributed by atoms with Crippen LogP contribution in [-0.4, -0.2) is 17.8 Å². The molecule has 3 N–H and O–H groups in total. The van der Waals surface area contributed by atoms with E-state index in [1.165, 1.54) is 12.2 Å². The maximum Gasteiger partial charge on any atom is 0.118 e. The van der Waals surface area contributed by atoms with Gasteiger partial charge in [0, 0.05) is 6.04 Å². The monoisotopic (exact) mass is 157 g/mol. The van der Waals surface area contributed by atoms with Gasteiger partial charge in [-0.05, 0) is 24.5 Å². The van der Waals surface area contributed by atoms with Gasteiger partial charge in [-0.2, -0.15) is 0 Å². The molecule has 0 saturated carbocycles. The molecule has 2 atom stereocenters.